The van der Waals surface area contributed by atoms with Crippen LogP contribution in [0.25, 0.3) is 21.9 Å². The molecule has 0 saturated carbocycles. The molecule has 0 heterocycles. The van der Waals surface area contributed by atoms with Crippen LogP contribution < -0.4 is 4.74 Å². The lowest BCUT2D eigenvalue weighted by molar-refractivity contribution is -0.185. The zero-order valence-electron chi connectivity index (χ0n) is 21.4. The van der Waals surface area contributed by atoms with Gasteiger partial charge in [-0.3, -0.25) is 0 Å². The normalized spacial score (nSPS) is 11.9. The van der Waals surface area contributed by atoms with Crippen LogP contribution in [-0.2, 0) is 12.5 Å². The molecule has 4 rings (SSSR count). The molecule has 0 aliphatic heterocycles. The van der Waals surface area contributed by atoms with E-state index in [0.717, 1.165) is 55.4 Å². The van der Waals surface area contributed by atoms with Crippen LogP contribution in [0.4, 0.5) is 39.5 Å². The number of rotatable bonds is 8. The van der Waals surface area contributed by atoms with Gasteiger partial charge in [-0.2, -0.15) is 22.0 Å². The Balaban J connectivity index is 1.61. The lowest BCUT2D eigenvalue weighted by Crippen LogP contribution is -2.22. The molecule has 0 fully saturated rings. The Bertz CT molecular complexity index is 1610. The van der Waals surface area contributed by atoms with Gasteiger partial charge in [-0.25, -0.2) is 17.6 Å². The Labute approximate surface area is 229 Å². The van der Waals surface area contributed by atoms with Gasteiger partial charge in [0.15, 0.2) is 0 Å². The van der Waals surface area contributed by atoms with Crippen LogP contribution in [0.15, 0.2) is 60.7 Å². The summed E-state index contributed by atoms with van der Waals surface area (Å²) in [6.07, 6.45) is -5.24. The number of halogens is 9. The van der Waals surface area contributed by atoms with Gasteiger partial charge in [0.2, 0.25) is 0 Å². The molecule has 214 valence electrons. The van der Waals surface area contributed by atoms with Crippen molar-refractivity contribution in [2.45, 2.75) is 44.9 Å². The molecule has 4 aromatic carbocycles. The third kappa shape index (κ3) is 6.96. The average Bonchev–Trinajstić information content (AvgIpc) is 2.87. The number of fused-ring (bicyclic) bond motifs is 1. The highest BCUT2D eigenvalue weighted by molar-refractivity contribution is 5.89. The van der Waals surface area contributed by atoms with Gasteiger partial charge in [-0.05, 0) is 53.6 Å². The van der Waals surface area contributed by atoms with Crippen molar-refractivity contribution in [1.82, 2.24) is 0 Å². The molecule has 0 radical (unpaired) electrons. The summed E-state index contributed by atoms with van der Waals surface area (Å²) in [7, 11) is 0. The molecular formula is C31H21F9O. The van der Waals surface area contributed by atoms with Crippen LogP contribution in [0, 0.1) is 35.1 Å². The van der Waals surface area contributed by atoms with Gasteiger partial charge < -0.3 is 4.74 Å². The Morgan fingerprint density at radius 3 is 2.02 bits per heavy atom. The third-order valence-electron chi connectivity index (χ3n) is 6.27. The summed E-state index contributed by atoms with van der Waals surface area (Å²) < 4.78 is 130. The van der Waals surface area contributed by atoms with Gasteiger partial charge in [0.05, 0.1) is 16.7 Å². The van der Waals surface area contributed by atoms with E-state index in [1.165, 1.54) is 30.2 Å². The van der Waals surface area contributed by atoms with Crippen molar-refractivity contribution in [3.63, 3.8) is 0 Å². The zero-order chi connectivity index (χ0) is 29.9. The molecule has 0 aliphatic carbocycles. The summed E-state index contributed by atoms with van der Waals surface area (Å²) in [6.45, 7) is 2.04. The second-order valence-corrected chi connectivity index (χ2v) is 9.27. The molecule has 0 aliphatic rings. The minimum absolute atomic E-state index is 0.211. The van der Waals surface area contributed by atoms with E-state index in [1.54, 1.807) is 0 Å². The number of aryl methyl sites for hydroxylation is 1. The molecule has 0 bridgehead atoms. The number of ether oxygens (including phenoxy) is 1. The zero-order valence-corrected chi connectivity index (χ0v) is 21.4. The molecule has 0 aromatic heterocycles. The molecule has 0 atom stereocenters. The molecule has 0 unspecified atom stereocenters. The van der Waals surface area contributed by atoms with Crippen molar-refractivity contribution in [3.05, 3.63) is 101 Å². The summed E-state index contributed by atoms with van der Waals surface area (Å²) in [5.41, 5.74) is -1.67. The van der Waals surface area contributed by atoms with Gasteiger partial charge in [0, 0.05) is 23.4 Å². The molecular weight excluding hydrogens is 559 g/mol. The molecule has 1 nitrogen and oxygen atoms in total. The maximum Gasteiger partial charge on any atom is 0.458 e. The van der Waals surface area contributed by atoms with Gasteiger partial charge in [0.1, 0.15) is 29.0 Å². The van der Waals surface area contributed by atoms with Crippen molar-refractivity contribution in [3.8, 4) is 28.7 Å². The Kier molecular flexibility index (Phi) is 8.57. The van der Waals surface area contributed by atoms with Gasteiger partial charge in [-0.15, -0.1) is 0 Å². The van der Waals surface area contributed by atoms with Crippen molar-refractivity contribution in [2.75, 3.05) is 0 Å². The van der Waals surface area contributed by atoms with Crippen LogP contribution in [0.1, 0.15) is 42.9 Å². The minimum Gasteiger partial charge on any atom is -0.429 e. The van der Waals surface area contributed by atoms with Crippen LogP contribution in [0.2, 0.25) is 0 Å². The van der Waals surface area contributed by atoms with E-state index in [-0.39, 0.29) is 16.3 Å². The molecule has 41 heavy (non-hydrogen) atoms. The van der Waals surface area contributed by atoms with E-state index in [0.29, 0.717) is 18.2 Å². The fourth-order valence-electron chi connectivity index (χ4n) is 4.27. The van der Waals surface area contributed by atoms with Crippen molar-refractivity contribution >= 4 is 10.8 Å². The van der Waals surface area contributed by atoms with Crippen LogP contribution >= 0.6 is 0 Å². The van der Waals surface area contributed by atoms with E-state index in [1.807, 2.05) is 6.92 Å². The number of alkyl halides is 5. The van der Waals surface area contributed by atoms with Gasteiger partial charge in [-0.1, -0.05) is 50.0 Å². The summed E-state index contributed by atoms with van der Waals surface area (Å²) >= 11 is 0. The molecule has 0 amide bonds. The number of unbranched alkanes of at least 4 members (excludes halogenated alkanes) is 2. The largest absolute Gasteiger partial charge is 0.458 e. The predicted octanol–water partition coefficient (Wildman–Crippen LogP) is 9.84. The number of hydrogen-bond donors (Lipinski definition) is 0. The highest BCUT2D eigenvalue weighted by atomic mass is 19.4. The predicted molar refractivity (Wildman–Crippen MR) is 136 cm³/mol. The topological polar surface area (TPSA) is 9.23 Å². The molecule has 0 spiro atoms. The fraction of sp³-hybridized carbons (Fsp3) is 0.226. The van der Waals surface area contributed by atoms with Crippen molar-refractivity contribution < 1.29 is 44.3 Å². The summed E-state index contributed by atoms with van der Waals surface area (Å²) in [6, 6.07) is 10.2. The highest BCUT2D eigenvalue weighted by Crippen LogP contribution is 2.37. The lowest BCUT2D eigenvalue weighted by atomic mass is 9.98. The maximum atomic E-state index is 15.0. The Morgan fingerprint density at radius 2 is 1.41 bits per heavy atom. The van der Waals surface area contributed by atoms with Crippen molar-refractivity contribution in [2.24, 2.45) is 0 Å². The molecule has 4 aromatic rings. The Hall–Kier alpha value is -4.13. The van der Waals surface area contributed by atoms with Gasteiger partial charge >= 0.3 is 12.3 Å². The van der Waals surface area contributed by atoms with E-state index < -0.39 is 58.0 Å². The second-order valence-electron chi connectivity index (χ2n) is 9.27. The number of hydrogen-bond acceptors (Lipinski definition) is 1. The lowest BCUT2D eigenvalue weighted by Gasteiger charge is -2.19. The molecule has 10 heteroatoms. The quantitative estimate of drug-likeness (QED) is 0.115. The standard InChI is InChI=1S/C31H21F9O/c1-2-3-4-5-18-6-9-21(10-7-18)31(39,40)41-22-16-26(33)28(27(34)17-22)19-8-11-23-20(14-19)15-25(32)24(29(23)35)12-13-30(36,37)38/h6-11,14-17H,2-5H2,1H3. The SMILES string of the molecule is CCCCCc1ccc(C(F)(F)Oc2cc(F)c(-c3ccc4c(F)c(C#CC(F)(F)F)c(F)cc4c3)c(F)c2)cc1. The fourth-order valence-corrected chi connectivity index (χ4v) is 4.27. The van der Waals surface area contributed by atoms with E-state index >= 15 is 0 Å². The van der Waals surface area contributed by atoms with Crippen molar-refractivity contribution in [1.29, 1.82) is 0 Å². The first kappa shape index (κ1) is 29.8. The first-order chi connectivity index (χ1) is 19.3. The highest BCUT2D eigenvalue weighted by Gasteiger charge is 2.35. The number of benzene rings is 4. The molecule has 0 N–H and O–H groups in total. The third-order valence-corrected chi connectivity index (χ3v) is 6.27. The maximum absolute atomic E-state index is 15.0. The average molecular weight is 580 g/mol. The first-order valence-electron chi connectivity index (χ1n) is 12.5. The van der Waals surface area contributed by atoms with Gasteiger partial charge in [0.25, 0.3) is 0 Å². The van der Waals surface area contributed by atoms with Crippen LogP contribution in [0.5, 0.6) is 5.75 Å². The first-order valence-corrected chi connectivity index (χ1v) is 12.5. The summed E-state index contributed by atoms with van der Waals surface area (Å²) in [5, 5.41) is -0.572. The minimum atomic E-state index is -4.98. The van der Waals surface area contributed by atoms with Crippen LogP contribution in [0.3, 0.4) is 0 Å². The second kappa shape index (κ2) is 11.8. The van der Waals surface area contributed by atoms with Crippen LogP contribution in [-0.4, -0.2) is 6.18 Å². The van der Waals surface area contributed by atoms with E-state index in [9.17, 15) is 39.5 Å². The smallest absolute Gasteiger partial charge is 0.429 e. The Morgan fingerprint density at radius 1 is 0.756 bits per heavy atom. The summed E-state index contributed by atoms with van der Waals surface area (Å²) in [4.78, 5) is 0. The monoisotopic (exact) mass is 580 g/mol. The van der Waals surface area contributed by atoms with E-state index in [2.05, 4.69) is 4.74 Å². The summed E-state index contributed by atoms with van der Waals surface area (Å²) in [5.74, 6) is -4.00. The molecule has 0 saturated heterocycles. The van der Waals surface area contributed by atoms with E-state index in [4.69, 9.17) is 0 Å².